The summed E-state index contributed by atoms with van der Waals surface area (Å²) in [6, 6.07) is 6.66. The van der Waals surface area contributed by atoms with Gasteiger partial charge < -0.3 is 10.6 Å². The minimum atomic E-state index is 0.0887. The van der Waals surface area contributed by atoms with Crippen molar-refractivity contribution in [3.63, 3.8) is 0 Å². The quantitative estimate of drug-likeness (QED) is 0.799. The average molecular weight is 291 g/mol. The van der Waals surface area contributed by atoms with Crippen molar-refractivity contribution in [2.45, 2.75) is 33.7 Å². The van der Waals surface area contributed by atoms with E-state index in [4.69, 9.17) is 5.73 Å². The highest BCUT2D eigenvalue weighted by Crippen LogP contribution is 2.19. The molecule has 0 aliphatic carbocycles. The van der Waals surface area contributed by atoms with Crippen LogP contribution < -0.4 is 5.73 Å². The van der Waals surface area contributed by atoms with Crippen LogP contribution in [0.4, 0.5) is 0 Å². The van der Waals surface area contributed by atoms with Gasteiger partial charge in [-0.1, -0.05) is 37.6 Å². The van der Waals surface area contributed by atoms with E-state index in [1.165, 1.54) is 16.7 Å². The van der Waals surface area contributed by atoms with Crippen molar-refractivity contribution in [3.8, 4) is 0 Å². The molecule has 0 bridgehead atoms. The zero-order valence-electron chi connectivity index (χ0n) is 14.7. The highest BCUT2D eigenvalue weighted by Gasteiger charge is 2.15. The largest absolute Gasteiger partial charge is 0.323 e. The Morgan fingerprint density at radius 2 is 1.71 bits per heavy atom. The molecule has 0 aliphatic heterocycles. The molecule has 0 saturated heterocycles. The van der Waals surface area contributed by atoms with E-state index in [9.17, 15) is 0 Å². The van der Waals surface area contributed by atoms with Gasteiger partial charge in [0.05, 0.1) is 0 Å². The number of likely N-dealkylation sites (N-methyl/N-ethyl adjacent to an activating group) is 1. The summed E-state index contributed by atoms with van der Waals surface area (Å²) in [5.74, 6) is 0.665. The molecule has 3 nitrogen and oxygen atoms in total. The monoisotopic (exact) mass is 291 g/mol. The molecule has 1 aromatic rings. The van der Waals surface area contributed by atoms with E-state index in [1.807, 2.05) is 0 Å². The van der Waals surface area contributed by atoms with Crippen LogP contribution in [0.2, 0.25) is 0 Å². The summed E-state index contributed by atoms with van der Waals surface area (Å²) in [5.41, 5.74) is 10.4. The van der Waals surface area contributed by atoms with Gasteiger partial charge in [0.15, 0.2) is 0 Å². The van der Waals surface area contributed by atoms with Crippen molar-refractivity contribution in [2.24, 2.45) is 11.7 Å². The smallest absolute Gasteiger partial charge is 0.0427 e. The van der Waals surface area contributed by atoms with Gasteiger partial charge in [0, 0.05) is 32.2 Å². The normalized spacial score (nSPS) is 13.4. The van der Waals surface area contributed by atoms with Gasteiger partial charge in [0.25, 0.3) is 0 Å². The summed E-state index contributed by atoms with van der Waals surface area (Å²) in [7, 11) is 4.25. The molecule has 0 fully saturated rings. The van der Waals surface area contributed by atoms with Gasteiger partial charge in [0.1, 0.15) is 0 Å². The van der Waals surface area contributed by atoms with Crippen LogP contribution in [0.1, 0.15) is 36.6 Å². The van der Waals surface area contributed by atoms with Crippen LogP contribution in [0.5, 0.6) is 0 Å². The third-order valence-electron chi connectivity index (χ3n) is 3.78. The maximum atomic E-state index is 6.49. The lowest BCUT2D eigenvalue weighted by atomic mass is 9.99. The van der Waals surface area contributed by atoms with Gasteiger partial charge in [-0.05, 0) is 45.0 Å². The standard InChI is InChI=1S/C18H33N3/c1-14(2)12-21(10-9-20(5)6)13-18(19)17-11-15(3)7-8-16(17)4/h7-8,11,14,18H,9-10,12-13,19H2,1-6H3. The van der Waals surface area contributed by atoms with Crippen molar-refractivity contribution in [1.29, 1.82) is 0 Å². The predicted molar refractivity (Wildman–Crippen MR) is 92.7 cm³/mol. The first-order valence-corrected chi connectivity index (χ1v) is 7.99. The predicted octanol–water partition coefficient (Wildman–Crippen LogP) is 2.82. The Balaban J connectivity index is 2.73. The molecule has 1 aromatic carbocycles. The number of nitrogens with zero attached hydrogens (tertiary/aromatic N) is 2. The molecule has 3 heteroatoms. The lowest BCUT2D eigenvalue weighted by molar-refractivity contribution is 0.208. The Morgan fingerprint density at radius 1 is 1.05 bits per heavy atom. The summed E-state index contributed by atoms with van der Waals surface area (Å²) >= 11 is 0. The second-order valence-corrected chi connectivity index (χ2v) is 6.92. The van der Waals surface area contributed by atoms with Gasteiger partial charge in [-0.3, -0.25) is 4.90 Å². The molecule has 0 amide bonds. The molecule has 0 spiro atoms. The summed E-state index contributed by atoms with van der Waals surface area (Å²) < 4.78 is 0. The molecule has 0 aromatic heterocycles. The van der Waals surface area contributed by atoms with Gasteiger partial charge in [-0.25, -0.2) is 0 Å². The minimum Gasteiger partial charge on any atom is -0.323 e. The second-order valence-electron chi connectivity index (χ2n) is 6.92. The first-order valence-electron chi connectivity index (χ1n) is 7.99. The van der Waals surface area contributed by atoms with E-state index < -0.39 is 0 Å². The van der Waals surface area contributed by atoms with E-state index in [-0.39, 0.29) is 6.04 Å². The van der Waals surface area contributed by atoms with E-state index in [0.717, 1.165) is 26.2 Å². The van der Waals surface area contributed by atoms with Crippen molar-refractivity contribution in [1.82, 2.24) is 9.80 Å². The Hall–Kier alpha value is -0.900. The fourth-order valence-corrected chi connectivity index (χ4v) is 2.65. The summed E-state index contributed by atoms with van der Waals surface area (Å²) in [6.07, 6.45) is 0. The molecule has 1 rings (SSSR count). The number of rotatable bonds is 8. The van der Waals surface area contributed by atoms with E-state index in [0.29, 0.717) is 5.92 Å². The fourth-order valence-electron chi connectivity index (χ4n) is 2.65. The SMILES string of the molecule is Cc1ccc(C)c(C(N)CN(CCN(C)C)CC(C)C)c1. The first-order chi connectivity index (χ1) is 9.79. The minimum absolute atomic E-state index is 0.0887. The molecule has 21 heavy (non-hydrogen) atoms. The summed E-state index contributed by atoms with van der Waals surface area (Å²) in [6.45, 7) is 13.0. The molecule has 0 aliphatic rings. The van der Waals surface area contributed by atoms with Crippen LogP contribution in [0, 0.1) is 19.8 Å². The molecule has 120 valence electrons. The molecule has 0 heterocycles. The summed E-state index contributed by atoms with van der Waals surface area (Å²) in [5, 5.41) is 0. The highest BCUT2D eigenvalue weighted by atomic mass is 15.2. The Morgan fingerprint density at radius 3 is 2.29 bits per heavy atom. The number of benzene rings is 1. The van der Waals surface area contributed by atoms with Crippen LogP contribution in [0.3, 0.4) is 0 Å². The number of hydrogen-bond acceptors (Lipinski definition) is 3. The van der Waals surface area contributed by atoms with Crippen LogP contribution in [-0.4, -0.2) is 50.1 Å². The fraction of sp³-hybridized carbons (Fsp3) is 0.667. The van der Waals surface area contributed by atoms with Crippen molar-refractivity contribution in [3.05, 3.63) is 34.9 Å². The zero-order valence-corrected chi connectivity index (χ0v) is 14.7. The van der Waals surface area contributed by atoms with Gasteiger partial charge in [-0.15, -0.1) is 0 Å². The van der Waals surface area contributed by atoms with E-state index in [1.54, 1.807) is 0 Å². The van der Waals surface area contributed by atoms with Gasteiger partial charge in [0.2, 0.25) is 0 Å². The van der Waals surface area contributed by atoms with Gasteiger partial charge >= 0.3 is 0 Å². The Labute approximate surface area is 131 Å². The van der Waals surface area contributed by atoms with Crippen molar-refractivity contribution < 1.29 is 0 Å². The average Bonchev–Trinajstić information content (AvgIpc) is 2.38. The lowest BCUT2D eigenvalue weighted by Crippen LogP contribution is -2.39. The number of aryl methyl sites for hydroxylation is 2. The highest BCUT2D eigenvalue weighted by molar-refractivity contribution is 5.33. The molecule has 1 atom stereocenters. The third-order valence-corrected chi connectivity index (χ3v) is 3.78. The van der Waals surface area contributed by atoms with Crippen molar-refractivity contribution >= 4 is 0 Å². The van der Waals surface area contributed by atoms with Crippen LogP contribution in [-0.2, 0) is 0 Å². The van der Waals surface area contributed by atoms with Crippen LogP contribution in [0.15, 0.2) is 18.2 Å². The summed E-state index contributed by atoms with van der Waals surface area (Å²) in [4.78, 5) is 4.73. The molecular formula is C18H33N3. The number of nitrogens with two attached hydrogens (primary N) is 1. The van der Waals surface area contributed by atoms with E-state index in [2.05, 4.69) is 69.8 Å². The maximum Gasteiger partial charge on any atom is 0.0427 e. The first kappa shape index (κ1) is 18.1. The maximum absolute atomic E-state index is 6.49. The van der Waals surface area contributed by atoms with Crippen LogP contribution >= 0.6 is 0 Å². The van der Waals surface area contributed by atoms with Crippen LogP contribution in [0.25, 0.3) is 0 Å². The molecule has 0 radical (unpaired) electrons. The molecular weight excluding hydrogens is 258 g/mol. The second kappa shape index (κ2) is 8.52. The van der Waals surface area contributed by atoms with E-state index >= 15 is 0 Å². The third kappa shape index (κ3) is 6.60. The molecule has 2 N–H and O–H groups in total. The zero-order chi connectivity index (χ0) is 16.0. The topological polar surface area (TPSA) is 32.5 Å². The van der Waals surface area contributed by atoms with Crippen molar-refractivity contribution in [2.75, 3.05) is 40.3 Å². The molecule has 0 saturated carbocycles. The van der Waals surface area contributed by atoms with Gasteiger partial charge in [-0.2, -0.15) is 0 Å². The molecule has 1 unspecified atom stereocenters. The Bertz CT molecular complexity index is 426. The Kier molecular flexibility index (Phi) is 7.36. The lowest BCUT2D eigenvalue weighted by Gasteiger charge is -2.29. The number of hydrogen-bond donors (Lipinski definition) is 1.